The molecule has 0 atom stereocenters. The number of nitrogens with zero attached hydrogens (tertiary/aromatic N) is 3. The van der Waals surface area contributed by atoms with Gasteiger partial charge in [0.15, 0.2) is 0 Å². The van der Waals surface area contributed by atoms with E-state index in [0.29, 0.717) is 5.54 Å². The number of nitrogens with one attached hydrogen (secondary N) is 1. The van der Waals surface area contributed by atoms with Crippen LogP contribution in [0.15, 0.2) is 32.4 Å². The first-order chi connectivity index (χ1) is 7.65. The summed E-state index contributed by atoms with van der Waals surface area (Å²) in [4.78, 5) is 2.23. The Kier molecular flexibility index (Phi) is 3.63. The summed E-state index contributed by atoms with van der Waals surface area (Å²) < 4.78 is 0.898. The lowest BCUT2D eigenvalue weighted by Crippen LogP contribution is -2.51. The lowest BCUT2D eigenvalue weighted by atomic mass is 10.2. The van der Waals surface area contributed by atoms with Crippen LogP contribution in [0.5, 0.6) is 0 Å². The summed E-state index contributed by atoms with van der Waals surface area (Å²) in [6.45, 7) is 8.96. The number of piperazine rings is 1. The zero-order chi connectivity index (χ0) is 11.6. The molecule has 0 bridgehead atoms. The van der Waals surface area contributed by atoms with Crippen LogP contribution < -0.4 is 5.32 Å². The van der Waals surface area contributed by atoms with Crippen LogP contribution in [-0.2, 0) is 0 Å². The van der Waals surface area contributed by atoms with Crippen LogP contribution in [0.25, 0.3) is 0 Å². The molecule has 16 heavy (non-hydrogen) atoms. The predicted molar refractivity (Wildman–Crippen MR) is 73.3 cm³/mol. The van der Waals surface area contributed by atoms with Crippen LogP contribution in [0.4, 0.5) is 0 Å². The van der Waals surface area contributed by atoms with E-state index in [9.17, 15) is 0 Å². The average Bonchev–Trinajstić information content (AvgIpc) is 3.04. The van der Waals surface area contributed by atoms with Crippen molar-refractivity contribution >= 4 is 22.6 Å². The Morgan fingerprint density at radius 3 is 2.88 bits per heavy atom. The minimum absolute atomic E-state index is 0.366. The molecule has 0 unspecified atom stereocenters. The van der Waals surface area contributed by atoms with Crippen LogP contribution in [0, 0.1) is 0 Å². The highest BCUT2D eigenvalue weighted by Gasteiger charge is 2.45. The molecular weight excluding hydrogens is 315 g/mol. The molecular formula is C11H17IN4. The zero-order valence-electron chi connectivity index (χ0n) is 9.54. The highest BCUT2D eigenvalue weighted by Crippen LogP contribution is 2.38. The van der Waals surface area contributed by atoms with Gasteiger partial charge in [0.1, 0.15) is 9.52 Å². The molecule has 2 rings (SSSR count). The molecule has 2 aliphatic rings. The summed E-state index contributed by atoms with van der Waals surface area (Å²) in [7, 11) is 0. The molecule has 1 saturated carbocycles. The Morgan fingerprint density at radius 2 is 2.25 bits per heavy atom. The Balaban J connectivity index is 1.92. The third-order valence-corrected chi connectivity index (χ3v) is 3.93. The second-order valence-corrected chi connectivity index (χ2v) is 5.46. The Morgan fingerprint density at radius 1 is 1.50 bits per heavy atom. The molecule has 0 amide bonds. The number of hydrogen-bond acceptors (Lipinski definition) is 4. The summed E-state index contributed by atoms with van der Waals surface area (Å²) in [5, 5.41) is 11.8. The van der Waals surface area contributed by atoms with Crippen LogP contribution >= 0.6 is 22.6 Å². The summed E-state index contributed by atoms with van der Waals surface area (Å²) >= 11 is 2.16. The first-order valence-electron chi connectivity index (χ1n) is 5.58. The maximum absolute atomic E-state index is 4.16. The normalized spacial score (nSPS) is 24.1. The van der Waals surface area contributed by atoms with Gasteiger partial charge in [-0.15, -0.1) is 10.2 Å². The molecule has 4 nitrogen and oxygen atoms in total. The molecule has 88 valence electrons. The molecule has 1 aliphatic carbocycles. The monoisotopic (exact) mass is 332 g/mol. The fourth-order valence-corrected chi connectivity index (χ4v) is 2.00. The number of azo groups is 1. The topological polar surface area (TPSA) is 40.0 Å². The highest BCUT2D eigenvalue weighted by molar-refractivity contribution is 14.1. The lowest BCUT2D eigenvalue weighted by Gasteiger charge is -2.34. The van der Waals surface area contributed by atoms with E-state index in [1.165, 1.54) is 12.8 Å². The first kappa shape index (κ1) is 12.0. The van der Waals surface area contributed by atoms with Gasteiger partial charge < -0.3 is 10.2 Å². The van der Waals surface area contributed by atoms with E-state index in [4.69, 9.17) is 0 Å². The van der Waals surface area contributed by atoms with Gasteiger partial charge in [-0.05, 0) is 42.4 Å². The third kappa shape index (κ3) is 2.82. The smallest absolute Gasteiger partial charge is 0.144 e. The second-order valence-electron chi connectivity index (χ2n) is 4.36. The number of rotatable bonds is 3. The molecule has 1 N–H and O–H groups in total. The number of hydrogen-bond donors (Lipinski definition) is 1. The van der Waals surface area contributed by atoms with Crippen molar-refractivity contribution in [1.29, 1.82) is 0 Å². The molecule has 0 aromatic carbocycles. The molecule has 1 spiro atoms. The van der Waals surface area contributed by atoms with Gasteiger partial charge in [-0.1, -0.05) is 12.7 Å². The Hall–Kier alpha value is -0.430. The van der Waals surface area contributed by atoms with Crippen LogP contribution in [0.3, 0.4) is 0 Å². The molecule has 5 heteroatoms. The minimum atomic E-state index is 0.366. The van der Waals surface area contributed by atoms with E-state index in [2.05, 4.69) is 49.6 Å². The molecule has 2 fully saturated rings. The largest absolute Gasteiger partial charge is 0.353 e. The van der Waals surface area contributed by atoms with Gasteiger partial charge in [0.2, 0.25) is 0 Å². The molecule has 0 aromatic rings. The van der Waals surface area contributed by atoms with Gasteiger partial charge in [-0.2, -0.15) is 0 Å². The zero-order valence-corrected chi connectivity index (χ0v) is 11.7. The average molecular weight is 332 g/mol. The van der Waals surface area contributed by atoms with E-state index in [1.807, 2.05) is 13.0 Å². The maximum atomic E-state index is 4.16. The molecule has 1 heterocycles. The molecule has 0 aromatic heterocycles. The SMILES string of the molecule is C=C(N=N/C(I)=C\C)N1CCNC2(CC2)C1. The van der Waals surface area contributed by atoms with E-state index >= 15 is 0 Å². The molecule has 1 saturated heterocycles. The van der Waals surface area contributed by atoms with E-state index in [0.717, 1.165) is 29.2 Å². The van der Waals surface area contributed by atoms with E-state index < -0.39 is 0 Å². The maximum Gasteiger partial charge on any atom is 0.144 e. The van der Waals surface area contributed by atoms with Crippen molar-refractivity contribution in [2.75, 3.05) is 19.6 Å². The minimum Gasteiger partial charge on any atom is -0.353 e. The van der Waals surface area contributed by atoms with Crippen molar-refractivity contribution < 1.29 is 0 Å². The van der Waals surface area contributed by atoms with Crippen LogP contribution in [0.2, 0.25) is 0 Å². The third-order valence-electron chi connectivity index (χ3n) is 3.09. The number of allylic oxidation sites excluding steroid dienone is 1. The van der Waals surface area contributed by atoms with Gasteiger partial charge in [0.25, 0.3) is 0 Å². The Labute approximate surface area is 110 Å². The number of halogens is 1. The summed E-state index contributed by atoms with van der Waals surface area (Å²) in [6, 6.07) is 0. The van der Waals surface area contributed by atoms with Crippen molar-refractivity contribution in [2.24, 2.45) is 10.2 Å². The first-order valence-corrected chi connectivity index (χ1v) is 6.65. The summed E-state index contributed by atoms with van der Waals surface area (Å²) in [6.07, 6.45) is 4.48. The van der Waals surface area contributed by atoms with Gasteiger partial charge in [0.05, 0.1) is 0 Å². The molecule has 1 aliphatic heterocycles. The van der Waals surface area contributed by atoms with Gasteiger partial charge in [-0.25, -0.2) is 0 Å². The standard InChI is InChI=1S/C11H17IN4/c1-3-10(12)15-14-9(2)16-7-6-13-11(8-16)4-5-11/h3,13H,2,4-8H2,1H3/b10-3-,15-14?. The van der Waals surface area contributed by atoms with Crippen molar-refractivity contribution in [1.82, 2.24) is 10.2 Å². The summed E-state index contributed by atoms with van der Waals surface area (Å²) in [5.41, 5.74) is 0.366. The van der Waals surface area contributed by atoms with Crippen molar-refractivity contribution in [3.63, 3.8) is 0 Å². The second kappa shape index (κ2) is 4.83. The lowest BCUT2D eigenvalue weighted by molar-refractivity contribution is 0.231. The van der Waals surface area contributed by atoms with Crippen LogP contribution in [-0.4, -0.2) is 30.1 Å². The molecule has 0 radical (unpaired) electrons. The van der Waals surface area contributed by atoms with E-state index in [-0.39, 0.29) is 0 Å². The Bertz CT molecular complexity index is 344. The van der Waals surface area contributed by atoms with Crippen LogP contribution in [0.1, 0.15) is 19.8 Å². The fraction of sp³-hybridized carbons (Fsp3) is 0.636. The van der Waals surface area contributed by atoms with Crippen molar-refractivity contribution in [2.45, 2.75) is 25.3 Å². The van der Waals surface area contributed by atoms with Gasteiger partial charge >= 0.3 is 0 Å². The fourth-order valence-electron chi connectivity index (χ4n) is 1.89. The highest BCUT2D eigenvalue weighted by atomic mass is 127. The van der Waals surface area contributed by atoms with Gasteiger partial charge in [-0.3, -0.25) is 0 Å². The van der Waals surface area contributed by atoms with E-state index in [1.54, 1.807) is 0 Å². The predicted octanol–water partition coefficient (Wildman–Crippen LogP) is 2.64. The summed E-state index contributed by atoms with van der Waals surface area (Å²) in [5.74, 6) is 0.781. The van der Waals surface area contributed by atoms with Crippen molar-refractivity contribution in [3.05, 3.63) is 22.2 Å². The van der Waals surface area contributed by atoms with Gasteiger partial charge in [0, 0.05) is 25.2 Å². The quantitative estimate of drug-likeness (QED) is 0.490. The van der Waals surface area contributed by atoms with Crippen molar-refractivity contribution in [3.8, 4) is 0 Å².